The molecule has 0 aliphatic rings. The van der Waals surface area contributed by atoms with E-state index in [1.165, 1.54) is 19.3 Å². The molecule has 0 aromatic heterocycles. The molecule has 0 saturated carbocycles. The van der Waals surface area contributed by atoms with Crippen LogP contribution >= 0.6 is 0 Å². The van der Waals surface area contributed by atoms with Crippen LogP contribution in [0.5, 0.6) is 0 Å². The Balaban J connectivity index is 2.45. The summed E-state index contributed by atoms with van der Waals surface area (Å²) >= 11 is 0.456. The molecule has 0 amide bonds. The van der Waals surface area contributed by atoms with E-state index in [1.807, 2.05) is 0 Å². The Morgan fingerprint density at radius 3 is 2.43 bits per heavy atom. The molecular weight excluding hydrogens is 200 g/mol. The summed E-state index contributed by atoms with van der Waals surface area (Å²) in [5.41, 5.74) is 0. The fourth-order valence-electron chi connectivity index (χ4n) is 0.496. The zero-order chi connectivity index (χ0) is 5.54. The van der Waals surface area contributed by atoms with Gasteiger partial charge in [0.1, 0.15) is 0 Å². The van der Waals surface area contributed by atoms with Gasteiger partial charge in [-0.2, -0.15) is 0 Å². The van der Waals surface area contributed by atoms with E-state index in [1.54, 1.807) is 4.47 Å². The molecule has 0 aliphatic heterocycles. The second kappa shape index (κ2) is 6.79. The fourth-order valence-corrected chi connectivity index (χ4v) is 1.90. The first-order valence-electron chi connectivity index (χ1n) is 2.90. The van der Waals surface area contributed by atoms with Crippen LogP contribution in [0, 0.1) is 0 Å². The van der Waals surface area contributed by atoms with E-state index in [-0.39, 0.29) is 0 Å². The van der Waals surface area contributed by atoms with Crippen LogP contribution in [0.3, 0.4) is 0 Å². The van der Waals surface area contributed by atoms with Gasteiger partial charge in [-0.05, 0) is 0 Å². The third-order valence-electron chi connectivity index (χ3n) is 0.952. The van der Waals surface area contributed by atoms with Gasteiger partial charge in [-0.3, -0.25) is 0 Å². The molecule has 0 atom stereocenters. The zero-order valence-electron chi connectivity index (χ0n) is 5.24. The first-order valence-corrected chi connectivity index (χ1v) is 6.88. The van der Waals surface area contributed by atoms with E-state index >= 15 is 0 Å². The van der Waals surface area contributed by atoms with Gasteiger partial charge in [-0.15, -0.1) is 0 Å². The molecule has 0 bridgehead atoms. The molecule has 0 N–H and O–H groups in total. The maximum absolute atomic E-state index is 2.38. The predicted octanol–water partition coefficient (Wildman–Crippen LogP) is 2.35. The molecular formula is C6H14Te. The van der Waals surface area contributed by atoms with Gasteiger partial charge in [0.15, 0.2) is 0 Å². The van der Waals surface area contributed by atoms with Gasteiger partial charge in [-0.25, -0.2) is 0 Å². The summed E-state index contributed by atoms with van der Waals surface area (Å²) in [6, 6.07) is 0. The summed E-state index contributed by atoms with van der Waals surface area (Å²) in [5.74, 6) is 0. The van der Waals surface area contributed by atoms with Crippen molar-refractivity contribution in [2.24, 2.45) is 0 Å². The normalized spacial score (nSPS) is 9.43. The summed E-state index contributed by atoms with van der Waals surface area (Å²) in [6.07, 6.45) is 4.33. The molecule has 1 heteroatoms. The maximum atomic E-state index is 2.38. The second-order valence-corrected chi connectivity index (χ2v) is 4.51. The van der Waals surface area contributed by atoms with Crippen LogP contribution in [0.2, 0.25) is 9.44 Å². The molecule has 44 valence electrons. The number of hydrogen-bond acceptors (Lipinski definition) is 0. The molecule has 0 aliphatic carbocycles. The van der Waals surface area contributed by atoms with E-state index in [4.69, 9.17) is 0 Å². The van der Waals surface area contributed by atoms with Crippen LogP contribution in [-0.4, -0.2) is 20.9 Å². The van der Waals surface area contributed by atoms with Crippen LogP contribution in [0.4, 0.5) is 0 Å². The molecule has 0 rings (SSSR count). The standard InChI is InChI=1S/C6H14Te/c1-3-4-5-6-7-2/h3-6H2,1-2H3. The molecule has 0 fully saturated rings. The van der Waals surface area contributed by atoms with Crippen LogP contribution in [0.25, 0.3) is 0 Å². The number of unbranched alkanes of at least 4 members (excludes halogenated alkanes) is 2. The number of hydrogen-bond donors (Lipinski definition) is 0. The van der Waals surface area contributed by atoms with Crippen molar-refractivity contribution in [3.8, 4) is 0 Å². The van der Waals surface area contributed by atoms with Gasteiger partial charge >= 0.3 is 56.5 Å². The van der Waals surface area contributed by atoms with Crippen molar-refractivity contribution in [2.75, 3.05) is 0 Å². The van der Waals surface area contributed by atoms with Crippen LogP contribution < -0.4 is 0 Å². The topological polar surface area (TPSA) is 0 Å². The Bertz CT molecular complexity index is 23.4. The Morgan fingerprint density at radius 2 is 2.00 bits per heavy atom. The van der Waals surface area contributed by atoms with E-state index < -0.39 is 0 Å². The van der Waals surface area contributed by atoms with Gasteiger partial charge < -0.3 is 0 Å². The molecule has 0 radical (unpaired) electrons. The van der Waals surface area contributed by atoms with Gasteiger partial charge in [0.2, 0.25) is 0 Å². The summed E-state index contributed by atoms with van der Waals surface area (Å²) in [7, 11) is 0. The second-order valence-electron chi connectivity index (χ2n) is 1.70. The minimum absolute atomic E-state index is 0.456. The summed E-state index contributed by atoms with van der Waals surface area (Å²) in [4.78, 5) is 2.38. The third kappa shape index (κ3) is 6.79. The van der Waals surface area contributed by atoms with Gasteiger partial charge in [-0.1, -0.05) is 0 Å². The van der Waals surface area contributed by atoms with Gasteiger partial charge in [0.05, 0.1) is 0 Å². The van der Waals surface area contributed by atoms with E-state index in [0.717, 1.165) is 0 Å². The monoisotopic (exact) mass is 216 g/mol. The summed E-state index contributed by atoms with van der Waals surface area (Å²) in [5, 5.41) is 0. The van der Waals surface area contributed by atoms with Gasteiger partial charge in [0.25, 0.3) is 0 Å². The fraction of sp³-hybridized carbons (Fsp3) is 1.00. The molecule has 0 spiro atoms. The predicted molar refractivity (Wildman–Crippen MR) is 35.9 cm³/mol. The number of rotatable bonds is 4. The van der Waals surface area contributed by atoms with Crippen LogP contribution in [0.15, 0.2) is 0 Å². The average molecular weight is 214 g/mol. The SMILES string of the molecule is CCCCC[Te]C. The molecule has 0 heterocycles. The van der Waals surface area contributed by atoms with Crippen LogP contribution in [-0.2, 0) is 0 Å². The zero-order valence-corrected chi connectivity index (χ0v) is 7.57. The Labute approximate surface area is 56.8 Å². The van der Waals surface area contributed by atoms with Crippen molar-refractivity contribution in [3.05, 3.63) is 0 Å². The average Bonchev–Trinajstić information content (AvgIpc) is 1.69. The van der Waals surface area contributed by atoms with Gasteiger partial charge in [0, 0.05) is 0 Å². The third-order valence-corrected chi connectivity index (χ3v) is 2.94. The van der Waals surface area contributed by atoms with Crippen molar-refractivity contribution in [1.29, 1.82) is 0 Å². The van der Waals surface area contributed by atoms with Crippen LogP contribution in [0.1, 0.15) is 26.2 Å². The molecule has 0 saturated heterocycles. The Hall–Kier alpha value is 0.790. The van der Waals surface area contributed by atoms with Crippen molar-refractivity contribution in [3.63, 3.8) is 0 Å². The van der Waals surface area contributed by atoms with Crippen molar-refractivity contribution in [1.82, 2.24) is 0 Å². The first-order chi connectivity index (χ1) is 3.41. The Morgan fingerprint density at radius 1 is 1.29 bits per heavy atom. The quantitative estimate of drug-likeness (QED) is 0.497. The van der Waals surface area contributed by atoms with E-state index in [0.29, 0.717) is 20.9 Å². The van der Waals surface area contributed by atoms with Crippen molar-refractivity contribution >= 4 is 20.9 Å². The molecule has 0 nitrogen and oxygen atoms in total. The summed E-state index contributed by atoms with van der Waals surface area (Å²) in [6.45, 7) is 2.26. The molecule has 0 aromatic rings. The summed E-state index contributed by atoms with van der Waals surface area (Å²) < 4.78 is 1.55. The molecule has 7 heavy (non-hydrogen) atoms. The Kier molecular flexibility index (Phi) is 7.56. The minimum atomic E-state index is 0.456. The van der Waals surface area contributed by atoms with E-state index in [9.17, 15) is 0 Å². The van der Waals surface area contributed by atoms with Crippen molar-refractivity contribution < 1.29 is 0 Å². The van der Waals surface area contributed by atoms with Crippen molar-refractivity contribution in [2.45, 2.75) is 35.6 Å². The molecule has 0 aromatic carbocycles. The molecule has 0 unspecified atom stereocenters. The first kappa shape index (κ1) is 7.79. The van der Waals surface area contributed by atoms with E-state index in [2.05, 4.69) is 11.9 Å².